The Morgan fingerprint density at radius 1 is 1.53 bits per heavy atom. The maximum atomic E-state index is 11.6. The first-order chi connectivity index (χ1) is 7.95. The van der Waals surface area contributed by atoms with Crippen LogP contribution in [-0.2, 0) is 4.79 Å². The molecule has 1 rings (SSSR count). The molecule has 17 heavy (non-hydrogen) atoms. The van der Waals surface area contributed by atoms with Gasteiger partial charge in [-0.05, 0) is 18.2 Å². The molecule has 0 bridgehead atoms. The van der Waals surface area contributed by atoms with Crippen molar-refractivity contribution in [2.45, 2.75) is 6.92 Å². The smallest absolute Gasteiger partial charge is 0.337 e. The number of rotatable bonds is 4. The van der Waals surface area contributed by atoms with Gasteiger partial charge in [-0.2, -0.15) is 0 Å². The number of carbonyl (C=O) groups excluding carboxylic acids is 1. The van der Waals surface area contributed by atoms with Crippen molar-refractivity contribution in [2.75, 3.05) is 11.9 Å². The highest BCUT2D eigenvalue weighted by molar-refractivity contribution is 9.10. The van der Waals surface area contributed by atoms with Crippen molar-refractivity contribution in [1.82, 2.24) is 0 Å². The van der Waals surface area contributed by atoms with Gasteiger partial charge in [0.15, 0.2) is 0 Å². The molecule has 0 aliphatic rings. The van der Waals surface area contributed by atoms with Crippen molar-refractivity contribution in [3.05, 3.63) is 28.2 Å². The molecule has 0 fully saturated rings. The molecule has 0 heterocycles. The van der Waals surface area contributed by atoms with Crippen molar-refractivity contribution < 1.29 is 14.7 Å². The molecule has 0 saturated heterocycles. The summed E-state index contributed by atoms with van der Waals surface area (Å²) < 4.78 is 0.639. The molecular weight excluding hydrogens is 288 g/mol. The summed E-state index contributed by atoms with van der Waals surface area (Å²) in [5.41, 5.74) is 5.67. The van der Waals surface area contributed by atoms with Gasteiger partial charge in [0.1, 0.15) is 0 Å². The van der Waals surface area contributed by atoms with Gasteiger partial charge < -0.3 is 16.2 Å². The summed E-state index contributed by atoms with van der Waals surface area (Å²) in [5, 5.41) is 11.6. The molecule has 1 aromatic rings. The normalized spacial score (nSPS) is 11.9. The fraction of sp³-hybridized carbons (Fsp3) is 0.273. The van der Waals surface area contributed by atoms with Gasteiger partial charge in [-0.15, -0.1) is 0 Å². The number of nitrogens with one attached hydrogen (secondary N) is 1. The third-order valence-corrected chi connectivity index (χ3v) is 2.76. The number of benzene rings is 1. The highest BCUT2D eigenvalue weighted by Gasteiger charge is 2.16. The van der Waals surface area contributed by atoms with Crippen molar-refractivity contribution in [2.24, 2.45) is 11.7 Å². The SMILES string of the molecule is CC(CN)C(=O)Nc1ccc(Br)cc1C(=O)O. The Morgan fingerprint density at radius 2 is 2.18 bits per heavy atom. The summed E-state index contributed by atoms with van der Waals surface area (Å²) in [6.45, 7) is 1.89. The summed E-state index contributed by atoms with van der Waals surface area (Å²) in [4.78, 5) is 22.6. The summed E-state index contributed by atoms with van der Waals surface area (Å²) in [6.07, 6.45) is 0. The second-order valence-corrected chi connectivity index (χ2v) is 4.54. The minimum absolute atomic E-state index is 0.0388. The lowest BCUT2D eigenvalue weighted by Crippen LogP contribution is -2.27. The van der Waals surface area contributed by atoms with Gasteiger partial charge in [-0.25, -0.2) is 4.79 Å². The highest BCUT2D eigenvalue weighted by Crippen LogP contribution is 2.21. The number of halogens is 1. The van der Waals surface area contributed by atoms with E-state index in [0.717, 1.165) is 0 Å². The van der Waals surface area contributed by atoms with E-state index in [-0.39, 0.29) is 29.6 Å². The summed E-state index contributed by atoms with van der Waals surface area (Å²) in [7, 11) is 0. The van der Waals surface area contributed by atoms with Crippen LogP contribution in [0.5, 0.6) is 0 Å². The Balaban J connectivity index is 2.98. The van der Waals surface area contributed by atoms with Gasteiger partial charge in [-0.3, -0.25) is 4.79 Å². The Morgan fingerprint density at radius 3 is 2.71 bits per heavy atom. The Labute approximate surface area is 107 Å². The number of hydrogen-bond donors (Lipinski definition) is 3. The van der Waals surface area contributed by atoms with Gasteiger partial charge in [0, 0.05) is 16.9 Å². The quantitative estimate of drug-likeness (QED) is 0.789. The number of aromatic carboxylic acids is 1. The molecule has 5 nitrogen and oxygen atoms in total. The minimum Gasteiger partial charge on any atom is -0.478 e. The van der Waals surface area contributed by atoms with E-state index in [0.29, 0.717) is 4.47 Å². The van der Waals surface area contributed by atoms with Gasteiger partial charge in [0.05, 0.1) is 11.3 Å². The zero-order chi connectivity index (χ0) is 13.0. The first-order valence-electron chi connectivity index (χ1n) is 4.99. The van der Waals surface area contributed by atoms with Crippen LogP contribution in [0.25, 0.3) is 0 Å². The summed E-state index contributed by atoms with van der Waals surface area (Å²) in [5.74, 6) is -1.75. The Bertz CT molecular complexity index is 448. The van der Waals surface area contributed by atoms with E-state index in [4.69, 9.17) is 10.8 Å². The van der Waals surface area contributed by atoms with Crippen LogP contribution in [0.3, 0.4) is 0 Å². The van der Waals surface area contributed by atoms with Gasteiger partial charge >= 0.3 is 5.97 Å². The Kier molecular flexibility index (Phi) is 4.65. The molecule has 4 N–H and O–H groups in total. The molecule has 1 atom stereocenters. The van der Waals surface area contributed by atoms with Crippen LogP contribution < -0.4 is 11.1 Å². The molecule has 0 aromatic heterocycles. The van der Waals surface area contributed by atoms with Crippen LogP contribution in [0.1, 0.15) is 17.3 Å². The molecule has 1 aromatic carbocycles. The lowest BCUT2D eigenvalue weighted by atomic mass is 10.1. The molecular formula is C11H13BrN2O3. The molecule has 0 spiro atoms. The average Bonchev–Trinajstić information content (AvgIpc) is 2.29. The van der Waals surface area contributed by atoms with Crippen molar-refractivity contribution in [3.63, 3.8) is 0 Å². The summed E-state index contributed by atoms with van der Waals surface area (Å²) in [6, 6.07) is 4.63. The van der Waals surface area contributed by atoms with Gasteiger partial charge in [0.2, 0.25) is 5.91 Å². The van der Waals surface area contributed by atoms with E-state index in [1.54, 1.807) is 13.0 Å². The molecule has 0 aliphatic carbocycles. The zero-order valence-electron chi connectivity index (χ0n) is 9.24. The van der Waals surface area contributed by atoms with Crippen LogP contribution in [-0.4, -0.2) is 23.5 Å². The summed E-state index contributed by atoms with van der Waals surface area (Å²) >= 11 is 3.18. The third-order valence-electron chi connectivity index (χ3n) is 2.27. The van der Waals surface area contributed by atoms with E-state index in [9.17, 15) is 9.59 Å². The molecule has 1 unspecified atom stereocenters. The van der Waals surface area contributed by atoms with Crippen LogP contribution in [0, 0.1) is 5.92 Å². The predicted molar refractivity (Wildman–Crippen MR) is 67.9 cm³/mol. The third kappa shape index (κ3) is 3.54. The predicted octanol–water partition coefficient (Wildman–Crippen LogP) is 1.68. The van der Waals surface area contributed by atoms with Gasteiger partial charge in [0.25, 0.3) is 0 Å². The number of amides is 1. The second-order valence-electron chi connectivity index (χ2n) is 3.62. The standard InChI is InChI=1S/C11H13BrN2O3/c1-6(5-13)10(15)14-9-3-2-7(12)4-8(9)11(16)17/h2-4,6H,5,13H2,1H3,(H,14,15)(H,16,17). The molecule has 0 saturated carbocycles. The first kappa shape index (κ1) is 13.7. The minimum atomic E-state index is -1.10. The molecule has 6 heteroatoms. The number of nitrogens with two attached hydrogens (primary N) is 1. The van der Waals surface area contributed by atoms with E-state index >= 15 is 0 Å². The van der Waals surface area contributed by atoms with E-state index < -0.39 is 5.97 Å². The topological polar surface area (TPSA) is 92.4 Å². The second kappa shape index (κ2) is 5.79. The monoisotopic (exact) mass is 300 g/mol. The highest BCUT2D eigenvalue weighted by atomic mass is 79.9. The number of carboxylic acids is 1. The van der Waals surface area contributed by atoms with Crippen molar-refractivity contribution in [3.8, 4) is 0 Å². The number of anilines is 1. The lowest BCUT2D eigenvalue weighted by Gasteiger charge is -2.12. The van der Waals surface area contributed by atoms with Crippen LogP contribution in [0.2, 0.25) is 0 Å². The maximum Gasteiger partial charge on any atom is 0.337 e. The molecule has 0 radical (unpaired) electrons. The average molecular weight is 301 g/mol. The molecule has 0 aliphatic heterocycles. The molecule has 92 valence electrons. The lowest BCUT2D eigenvalue weighted by molar-refractivity contribution is -0.119. The number of hydrogen-bond acceptors (Lipinski definition) is 3. The number of carbonyl (C=O) groups is 2. The first-order valence-corrected chi connectivity index (χ1v) is 5.78. The van der Waals surface area contributed by atoms with E-state index in [1.165, 1.54) is 12.1 Å². The molecule has 1 amide bonds. The largest absolute Gasteiger partial charge is 0.478 e. The zero-order valence-corrected chi connectivity index (χ0v) is 10.8. The fourth-order valence-electron chi connectivity index (χ4n) is 1.17. The van der Waals surface area contributed by atoms with E-state index in [2.05, 4.69) is 21.2 Å². The maximum absolute atomic E-state index is 11.6. The van der Waals surface area contributed by atoms with E-state index in [1.807, 2.05) is 0 Å². The Hall–Kier alpha value is -1.40. The van der Waals surface area contributed by atoms with Crippen molar-refractivity contribution in [1.29, 1.82) is 0 Å². The van der Waals surface area contributed by atoms with Crippen LogP contribution >= 0.6 is 15.9 Å². The van der Waals surface area contributed by atoms with Crippen LogP contribution in [0.15, 0.2) is 22.7 Å². The van der Waals surface area contributed by atoms with Crippen molar-refractivity contribution >= 4 is 33.5 Å². The van der Waals surface area contributed by atoms with Crippen LogP contribution in [0.4, 0.5) is 5.69 Å². The van der Waals surface area contributed by atoms with Gasteiger partial charge in [-0.1, -0.05) is 22.9 Å². The fourth-order valence-corrected chi connectivity index (χ4v) is 1.53. The number of carboxylic acid groups (broad SMARTS) is 1.